The number of benzene rings is 2. The zero-order valence-electron chi connectivity index (χ0n) is 17.8. The summed E-state index contributed by atoms with van der Waals surface area (Å²) in [6, 6.07) is 9.13. The Kier molecular flexibility index (Phi) is 6.49. The summed E-state index contributed by atoms with van der Waals surface area (Å²) in [5, 5.41) is 1.18. The molecule has 0 fully saturated rings. The Hall–Kier alpha value is -3.03. The summed E-state index contributed by atoms with van der Waals surface area (Å²) in [5.74, 6) is -1.62. The number of hydrogen-bond acceptors (Lipinski definition) is 3. The van der Waals surface area contributed by atoms with Crippen molar-refractivity contribution in [2.24, 2.45) is 0 Å². The van der Waals surface area contributed by atoms with E-state index in [0.717, 1.165) is 17.2 Å². The lowest BCUT2D eigenvalue weighted by Gasteiger charge is -2.35. The van der Waals surface area contributed by atoms with Gasteiger partial charge >= 0.3 is 6.36 Å². The molecule has 0 unspecified atom stereocenters. The molecule has 2 aromatic carbocycles. The molecule has 30 heavy (non-hydrogen) atoms. The lowest BCUT2D eigenvalue weighted by atomic mass is 10.0. The molecule has 0 saturated carbocycles. The number of aryl methyl sites for hydroxylation is 2. The van der Waals surface area contributed by atoms with Crippen LogP contribution in [-0.2, 0) is 0 Å². The van der Waals surface area contributed by atoms with Gasteiger partial charge in [-0.25, -0.2) is 5.01 Å². The predicted molar refractivity (Wildman–Crippen MR) is 107 cm³/mol. The van der Waals surface area contributed by atoms with Crippen molar-refractivity contribution in [1.82, 2.24) is 10.4 Å². The topological polar surface area (TPSA) is 58.6 Å². The van der Waals surface area contributed by atoms with Crippen molar-refractivity contribution in [2.45, 2.75) is 53.4 Å². The number of halogens is 3. The first-order valence-electron chi connectivity index (χ1n) is 9.28. The summed E-state index contributed by atoms with van der Waals surface area (Å²) in [5.41, 5.74) is 3.93. The molecule has 1 N–H and O–H groups in total. The fourth-order valence-electron chi connectivity index (χ4n) is 3.01. The van der Waals surface area contributed by atoms with Gasteiger partial charge in [-0.2, -0.15) is 0 Å². The Balaban J connectivity index is 2.37. The standard InChI is InChI=1S/C22H25F3N2O3/c1-13-10-14(2)12-16(11-13)20(29)27(21(4,5)6)26-19(28)17-8-7-9-18(15(17)3)30-22(23,24)25/h7-12H,1-6H3,(H,26,28). The molecule has 0 radical (unpaired) electrons. The molecule has 2 rings (SSSR count). The summed E-state index contributed by atoms with van der Waals surface area (Å²) >= 11 is 0. The zero-order valence-corrected chi connectivity index (χ0v) is 17.8. The second kappa shape index (κ2) is 8.38. The van der Waals surface area contributed by atoms with E-state index in [2.05, 4.69) is 10.2 Å². The van der Waals surface area contributed by atoms with Crippen LogP contribution in [0.4, 0.5) is 13.2 Å². The molecule has 0 aromatic heterocycles. The first kappa shape index (κ1) is 23.3. The molecule has 0 bridgehead atoms. The molecule has 2 amide bonds. The third-order valence-corrected chi connectivity index (χ3v) is 4.31. The van der Waals surface area contributed by atoms with Crippen LogP contribution < -0.4 is 10.2 Å². The molecule has 8 heteroatoms. The van der Waals surface area contributed by atoms with E-state index in [0.29, 0.717) is 5.56 Å². The number of hydrogen-bond donors (Lipinski definition) is 1. The van der Waals surface area contributed by atoms with E-state index >= 15 is 0 Å². The minimum atomic E-state index is -4.88. The number of hydrazine groups is 1. The van der Waals surface area contributed by atoms with E-state index in [1.807, 2.05) is 19.9 Å². The Morgan fingerprint density at radius 2 is 1.53 bits per heavy atom. The van der Waals surface area contributed by atoms with Gasteiger partial charge in [-0.15, -0.1) is 13.2 Å². The van der Waals surface area contributed by atoms with E-state index in [1.54, 1.807) is 32.9 Å². The number of amides is 2. The van der Waals surface area contributed by atoms with Gasteiger partial charge in [0.1, 0.15) is 5.75 Å². The monoisotopic (exact) mass is 422 g/mol. The predicted octanol–water partition coefficient (Wildman–Crippen LogP) is 5.10. The molecule has 0 heterocycles. The molecular weight excluding hydrogens is 397 g/mol. The largest absolute Gasteiger partial charge is 0.573 e. The number of alkyl halides is 3. The Labute approximate surface area is 173 Å². The second-order valence-electron chi connectivity index (χ2n) is 8.11. The van der Waals surface area contributed by atoms with Gasteiger partial charge in [0.15, 0.2) is 0 Å². The van der Waals surface area contributed by atoms with E-state index in [-0.39, 0.29) is 11.1 Å². The number of carbonyl (C=O) groups excluding carboxylic acids is 2. The highest BCUT2D eigenvalue weighted by atomic mass is 19.4. The van der Waals surface area contributed by atoms with Gasteiger partial charge in [0, 0.05) is 16.7 Å². The number of nitrogens with one attached hydrogen (secondary N) is 1. The van der Waals surface area contributed by atoms with Crippen LogP contribution >= 0.6 is 0 Å². The lowest BCUT2D eigenvalue weighted by molar-refractivity contribution is -0.274. The maximum absolute atomic E-state index is 13.1. The fourth-order valence-corrected chi connectivity index (χ4v) is 3.01. The van der Waals surface area contributed by atoms with E-state index in [1.165, 1.54) is 24.1 Å². The van der Waals surface area contributed by atoms with E-state index in [9.17, 15) is 22.8 Å². The van der Waals surface area contributed by atoms with Gasteiger partial charge in [0.25, 0.3) is 11.8 Å². The van der Waals surface area contributed by atoms with Gasteiger partial charge in [0.05, 0.1) is 5.54 Å². The highest BCUT2D eigenvalue weighted by molar-refractivity contribution is 6.00. The maximum Gasteiger partial charge on any atom is 0.573 e. The second-order valence-corrected chi connectivity index (χ2v) is 8.11. The minimum Gasteiger partial charge on any atom is -0.405 e. The number of ether oxygens (including phenoxy) is 1. The summed E-state index contributed by atoms with van der Waals surface area (Å²) in [7, 11) is 0. The van der Waals surface area contributed by atoms with Crippen LogP contribution in [-0.4, -0.2) is 28.7 Å². The highest BCUT2D eigenvalue weighted by Crippen LogP contribution is 2.28. The van der Waals surface area contributed by atoms with Crippen molar-refractivity contribution >= 4 is 11.8 Å². The Morgan fingerprint density at radius 3 is 2.03 bits per heavy atom. The lowest BCUT2D eigenvalue weighted by Crippen LogP contribution is -2.56. The van der Waals surface area contributed by atoms with Gasteiger partial charge in [-0.3, -0.25) is 15.0 Å². The van der Waals surface area contributed by atoms with Crippen LogP contribution in [0.5, 0.6) is 5.75 Å². The zero-order chi connectivity index (χ0) is 22.9. The van der Waals surface area contributed by atoms with Crippen LogP contribution in [0.3, 0.4) is 0 Å². The maximum atomic E-state index is 13.1. The molecule has 5 nitrogen and oxygen atoms in total. The number of carbonyl (C=O) groups is 2. The van der Waals surface area contributed by atoms with Crippen molar-refractivity contribution in [3.63, 3.8) is 0 Å². The van der Waals surface area contributed by atoms with Crippen molar-refractivity contribution in [1.29, 1.82) is 0 Å². The van der Waals surface area contributed by atoms with Crippen LogP contribution in [0.25, 0.3) is 0 Å². The quantitative estimate of drug-likeness (QED) is 0.701. The van der Waals surface area contributed by atoms with Crippen LogP contribution in [0.1, 0.15) is 58.2 Å². The first-order valence-corrected chi connectivity index (χ1v) is 9.28. The molecule has 0 atom stereocenters. The Bertz CT molecular complexity index is 943. The van der Waals surface area contributed by atoms with Crippen LogP contribution in [0.2, 0.25) is 0 Å². The third kappa shape index (κ3) is 5.75. The fraction of sp³-hybridized carbons (Fsp3) is 0.364. The summed E-state index contributed by atoms with van der Waals surface area (Å²) in [4.78, 5) is 26.0. The van der Waals surface area contributed by atoms with E-state index < -0.39 is 29.5 Å². The van der Waals surface area contributed by atoms with Gasteiger partial charge in [0.2, 0.25) is 0 Å². The number of nitrogens with zero attached hydrogens (tertiary/aromatic N) is 1. The average molecular weight is 422 g/mol. The molecule has 0 aliphatic carbocycles. The van der Waals surface area contributed by atoms with Crippen molar-refractivity contribution < 1.29 is 27.5 Å². The summed E-state index contributed by atoms with van der Waals surface area (Å²) < 4.78 is 41.8. The highest BCUT2D eigenvalue weighted by Gasteiger charge is 2.33. The SMILES string of the molecule is Cc1cc(C)cc(C(=O)N(NC(=O)c2cccc(OC(F)(F)F)c2C)C(C)(C)C)c1. The molecule has 2 aromatic rings. The van der Waals surface area contributed by atoms with Gasteiger partial charge < -0.3 is 4.74 Å². The Morgan fingerprint density at radius 1 is 0.967 bits per heavy atom. The molecule has 0 aliphatic heterocycles. The normalized spacial score (nSPS) is 11.8. The molecule has 162 valence electrons. The first-order chi connectivity index (χ1) is 13.7. The van der Waals surface area contributed by atoms with Crippen molar-refractivity contribution in [3.8, 4) is 5.75 Å². The summed E-state index contributed by atoms with van der Waals surface area (Å²) in [6.07, 6.45) is -4.88. The molecular formula is C22H25F3N2O3. The molecule has 0 aliphatic rings. The van der Waals surface area contributed by atoms with Gasteiger partial charge in [-0.1, -0.05) is 23.3 Å². The number of rotatable bonds is 3. The third-order valence-electron chi connectivity index (χ3n) is 4.31. The van der Waals surface area contributed by atoms with Crippen molar-refractivity contribution in [3.05, 3.63) is 64.2 Å². The van der Waals surface area contributed by atoms with E-state index in [4.69, 9.17) is 0 Å². The van der Waals surface area contributed by atoms with Gasteiger partial charge in [-0.05, 0) is 65.8 Å². The molecule has 0 saturated heterocycles. The van der Waals surface area contributed by atoms with Crippen LogP contribution in [0.15, 0.2) is 36.4 Å². The van der Waals surface area contributed by atoms with Crippen molar-refractivity contribution in [2.75, 3.05) is 0 Å². The average Bonchev–Trinajstić information content (AvgIpc) is 2.57. The minimum absolute atomic E-state index is 0.0139. The smallest absolute Gasteiger partial charge is 0.405 e. The molecule has 0 spiro atoms. The summed E-state index contributed by atoms with van der Waals surface area (Å²) in [6.45, 7) is 10.3. The van der Waals surface area contributed by atoms with Crippen LogP contribution in [0, 0.1) is 20.8 Å².